The van der Waals surface area contributed by atoms with Gasteiger partial charge in [0.25, 0.3) is 0 Å². The molecule has 2 N–H and O–H groups in total. The molecule has 1 aromatic carbocycles. The third-order valence-electron chi connectivity index (χ3n) is 2.22. The van der Waals surface area contributed by atoms with Gasteiger partial charge in [0.15, 0.2) is 5.13 Å². The number of thiazole rings is 1. The maximum atomic E-state index is 11.4. The Bertz CT molecular complexity index is 562. The van der Waals surface area contributed by atoms with E-state index in [0.717, 1.165) is 15.8 Å². The highest BCUT2D eigenvalue weighted by molar-refractivity contribution is 7.22. The van der Waals surface area contributed by atoms with Crippen molar-refractivity contribution in [3.63, 3.8) is 0 Å². The lowest BCUT2D eigenvalue weighted by atomic mass is 10.2. The van der Waals surface area contributed by atoms with E-state index in [0.29, 0.717) is 11.7 Å². The Morgan fingerprint density at radius 3 is 3.12 bits per heavy atom. The fourth-order valence-corrected chi connectivity index (χ4v) is 2.45. The highest BCUT2D eigenvalue weighted by atomic mass is 32.1. The lowest BCUT2D eigenvalue weighted by molar-refractivity contribution is 0.252. The summed E-state index contributed by atoms with van der Waals surface area (Å²) in [5, 5.41) is 5.97. The molecule has 88 valence electrons. The summed E-state index contributed by atoms with van der Waals surface area (Å²) in [6.07, 6.45) is 1.79. The predicted molar refractivity (Wildman–Crippen MR) is 72.4 cm³/mol. The van der Waals surface area contributed by atoms with Gasteiger partial charge in [-0.2, -0.15) is 0 Å². The Hall–Kier alpha value is -1.88. The van der Waals surface area contributed by atoms with Gasteiger partial charge in [-0.1, -0.05) is 36.1 Å². The van der Waals surface area contributed by atoms with Crippen LogP contribution in [0.2, 0.25) is 0 Å². The third-order valence-corrected chi connectivity index (χ3v) is 3.26. The molecule has 2 rings (SSSR count). The SMILES string of the molecule is C=Cc1cccc2nc(NC(=O)NCC)sc12. The largest absolute Gasteiger partial charge is 0.338 e. The van der Waals surface area contributed by atoms with Gasteiger partial charge in [0.1, 0.15) is 0 Å². The molecule has 2 aromatic rings. The highest BCUT2D eigenvalue weighted by Gasteiger charge is 2.08. The second kappa shape index (κ2) is 4.97. The first-order valence-electron chi connectivity index (χ1n) is 5.31. The van der Waals surface area contributed by atoms with Crippen LogP contribution in [0.4, 0.5) is 9.93 Å². The van der Waals surface area contributed by atoms with Crippen molar-refractivity contribution in [1.82, 2.24) is 10.3 Å². The van der Waals surface area contributed by atoms with Crippen molar-refractivity contribution >= 4 is 38.8 Å². The second-order valence-electron chi connectivity index (χ2n) is 3.40. The standard InChI is InChI=1S/C12H13N3OS/c1-3-8-6-5-7-9-10(8)17-12(14-9)15-11(16)13-4-2/h3,5-7H,1,4H2,2H3,(H2,13,14,15,16). The topological polar surface area (TPSA) is 54.0 Å². The van der Waals surface area contributed by atoms with E-state index in [4.69, 9.17) is 0 Å². The van der Waals surface area contributed by atoms with Crippen LogP contribution in [-0.4, -0.2) is 17.6 Å². The summed E-state index contributed by atoms with van der Waals surface area (Å²) < 4.78 is 1.04. The normalized spacial score (nSPS) is 10.2. The summed E-state index contributed by atoms with van der Waals surface area (Å²) in [7, 11) is 0. The Kier molecular flexibility index (Phi) is 3.39. The van der Waals surface area contributed by atoms with Gasteiger partial charge >= 0.3 is 6.03 Å². The molecular weight excluding hydrogens is 234 g/mol. The minimum absolute atomic E-state index is 0.230. The number of hydrogen-bond acceptors (Lipinski definition) is 3. The lowest BCUT2D eigenvalue weighted by Crippen LogP contribution is -2.28. The average molecular weight is 247 g/mol. The number of carbonyl (C=O) groups is 1. The molecule has 0 unspecified atom stereocenters. The van der Waals surface area contributed by atoms with Gasteiger partial charge in [-0.25, -0.2) is 9.78 Å². The number of amides is 2. The summed E-state index contributed by atoms with van der Waals surface area (Å²) in [4.78, 5) is 15.7. The van der Waals surface area contributed by atoms with E-state index in [-0.39, 0.29) is 6.03 Å². The van der Waals surface area contributed by atoms with E-state index in [1.165, 1.54) is 11.3 Å². The van der Waals surface area contributed by atoms with Crippen LogP contribution in [0.1, 0.15) is 12.5 Å². The monoisotopic (exact) mass is 247 g/mol. The van der Waals surface area contributed by atoms with Crippen LogP contribution in [0.5, 0.6) is 0 Å². The molecule has 0 aliphatic heterocycles. The Labute approximate surface area is 103 Å². The van der Waals surface area contributed by atoms with Crippen molar-refractivity contribution in [3.05, 3.63) is 30.3 Å². The molecule has 17 heavy (non-hydrogen) atoms. The molecule has 0 saturated heterocycles. The van der Waals surface area contributed by atoms with Crippen LogP contribution in [-0.2, 0) is 0 Å². The minimum Gasteiger partial charge on any atom is -0.338 e. The summed E-state index contributed by atoms with van der Waals surface area (Å²) in [6.45, 7) is 6.22. The molecule has 2 amide bonds. The third kappa shape index (κ3) is 2.45. The highest BCUT2D eigenvalue weighted by Crippen LogP contribution is 2.29. The molecule has 0 radical (unpaired) electrons. The van der Waals surface area contributed by atoms with Gasteiger partial charge in [-0.05, 0) is 18.6 Å². The molecular formula is C12H13N3OS. The number of nitrogens with zero attached hydrogens (tertiary/aromatic N) is 1. The smallest absolute Gasteiger partial charge is 0.321 e. The summed E-state index contributed by atoms with van der Waals surface area (Å²) >= 11 is 1.45. The van der Waals surface area contributed by atoms with E-state index in [9.17, 15) is 4.79 Å². The molecule has 0 atom stereocenters. The minimum atomic E-state index is -0.230. The molecule has 0 bridgehead atoms. The maximum absolute atomic E-state index is 11.4. The van der Waals surface area contributed by atoms with E-state index >= 15 is 0 Å². The number of nitrogens with one attached hydrogen (secondary N) is 2. The summed E-state index contributed by atoms with van der Waals surface area (Å²) in [5.41, 5.74) is 1.91. The predicted octanol–water partition coefficient (Wildman–Crippen LogP) is 3.08. The fourth-order valence-electron chi connectivity index (χ4n) is 1.49. The summed E-state index contributed by atoms with van der Waals surface area (Å²) in [5.74, 6) is 0. The van der Waals surface area contributed by atoms with Crippen LogP contribution >= 0.6 is 11.3 Å². The van der Waals surface area contributed by atoms with Gasteiger partial charge in [0.2, 0.25) is 0 Å². The zero-order valence-electron chi connectivity index (χ0n) is 9.49. The first kappa shape index (κ1) is 11.6. The number of anilines is 1. The van der Waals surface area contributed by atoms with Crippen LogP contribution in [0.15, 0.2) is 24.8 Å². The lowest BCUT2D eigenvalue weighted by Gasteiger charge is -2.00. The number of carbonyl (C=O) groups excluding carboxylic acids is 1. The maximum Gasteiger partial charge on any atom is 0.321 e. The van der Waals surface area contributed by atoms with Crippen molar-refractivity contribution in [2.45, 2.75) is 6.92 Å². The van der Waals surface area contributed by atoms with E-state index < -0.39 is 0 Å². The molecule has 0 fully saturated rings. The fraction of sp³-hybridized carbons (Fsp3) is 0.167. The van der Waals surface area contributed by atoms with Crippen molar-refractivity contribution in [2.75, 3.05) is 11.9 Å². The first-order valence-corrected chi connectivity index (χ1v) is 6.13. The second-order valence-corrected chi connectivity index (χ2v) is 4.40. The van der Waals surface area contributed by atoms with Gasteiger partial charge in [0, 0.05) is 6.54 Å². The molecule has 1 aromatic heterocycles. The zero-order chi connectivity index (χ0) is 12.3. The Morgan fingerprint density at radius 1 is 1.59 bits per heavy atom. The van der Waals surface area contributed by atoms with Gasteiger partial charge in [0.05, 0.1) is 10.2 Å². The van der Waals surface area contributed by atoms with E-state index in [1.807, 2.05) is 25.1 Å². The molecule has 5 heteroatoms. The van der Waals surface area contributed by atoms with E-state index in [2.05, 4.69) is 22.2 Å². The molecule has 4 nitrogen and oxygen atoms in total. The van der Waals surface area contributed by atoms with Crippen molar-refractivity contribution in [2.24, 2.45) is 0 Å². The van der Waals surface area contributed by atoms with Crippen LogP contribution in [0.3, 0.4) is 0 Å². The van der Waals surface area contributed by atoms with Gasteiger partial charge < -0.3 is 5.32 Å². The zero-order valence-corrected chi connectivity index (χ0v) is 10.3. The van der Waals surface area contributed by atoms with Crippen LogP contribution in [0, 0.1) is 0 Å². The molecule has 0 saturated carbocycles. The Balaban J connectivity index is 2.31. The van der Waals surface area contributed by atoms with Gasteiger partial charge in [-0.3, -0.25) is 5.32 Å². The van der Waals surface area contributed by atoms with Crippen molar-refractivity contribution in [3.8, 4) is 0 Å². The first-order chi connectivity index (χ1) is 8.24. The van der Waals surface area contributed by atoms with Crippen LogP contribution < -0.4 is 10.6 Å². The number of rotatable bonds is 3. The number of fused-ring (bicyclic) bond motifs is 1. The van der Waals surface area contributed by atoms with Crippen LogP contribution in [0.25, 0.3) is 16.3 Å². The van der Waals surface area contributed by atoms with Crippen molar-refractivity contribution in [1.29, 1.82) is 0 Å². The molecule has 1 heterocycles. The molecule has 0 aliphatic rings. The van der Waals surface area contributed by atoms with Crippen molar-refractivity contribution < 1.29 is 4.79 Å². The van der Waals surface area contributed by atoms with E-state index in [1.54, 1.807) is 6.08 Å². The summed E-state index contributed by atoms with van der Waals surface area (Å²) in [6, 6.07) is 5.59. The van der Waals surface area contributed by atoms with Gasteiger partial charge in [-0.15, -0.1) is 0 Å². The number of aromatic nitrogens is 1. The number of benzene rings is 1. The molecule has 0 spiro atoms. The number of hydrogen-bond donors (Lipinski definition) is 2. The Morgan fingerprint density at radius 2 is 2.41 bits per heavy atom. The number of urea groups is 1. The average Bonchev–Trinajstić information content (AvgIpc) is 2.70. The quantitative estimate of drug-likeness (QED) is 0.875. The molecule has 0 aliphatic carbocycles.